The van der Waals surface area contributed by atoms with E-state index in [9.17, 15) is 4.79 Å². The molecule has 0 unspecified atom stereocenters. The average molecular weight is 273 g/mol. The molecule has 2 amide bonds. The lowest BCUT2D eigenvalue weighted by Gasteiger charge is -2.13. The topological polar surface area (TPSA) is 89.8 Å². The van der Waals surface area contributed by atoms with Gasteiger partial charge in [-0.25, -0.2) is 9.78 Å². The molecule has 2 rings (SSSR count). The van der Waals surface area contributed by atoms with Crippen molar-refractivity contribution in [2.24, 2.45) is 0 Å². The molecule has 0 aromatic carbocycles. The fraction of sp³-hybridized carbons (Fsp3) is 0.500. The fourth-order valence-corrected chi connectivity index (χ4v) is 2.24. The van der Waals surface area contributed by atoms with Gasteiger partial charge in [-0.15, -0.1) is 0 Å². The Morgan fingerprint density at radius 3 is 2.80 bits per heavy atom. The van der Waals surface area contributed by atoms with Crippen LogP contribution >= 0.6 is 0 Å². The predicted octanol–water partition coefficient (Wildman–Crippen LogP) is 1.61. The summed E-state index contributed by atoms with van der Waals surface area (Å²) in [7, 11) is 0. The Labute approximate surface area is 118 Å². The molecule has 1 fully saturated rings. The number of aromatic nitrogens is 1. The number of pyridine rings is 1. The monoisotopic (exact) mass is 273 g/mol. The highest BCUT2D eigenvalue weighted by Gasteiger charge is 2.16. The summed E-state index contributed by atoms with van der Waals surface area (Å²) in [5, 5.41) is 17.5. The molecule has 6 heteroatoms. The second-order valence-corrected chi connectivity index (χ2v) is 4.85. The predicted molar refractivity (Wildman–Crippen MR) is 76.2 cm³/mol. The summed E-state index contributed by atoms with van der Waals surface area (Å²) in [6, 6.07) is 5.70. The molecule has 0 aliphatic heterocycles. The van der Waals surface area contributed by atoms with Gasteiger partial charge in [0.05, 0.1) is 5.56 Å². The summed E-state index contributed by atoms with van der Waals surface area (Å²) in [6.07, 6.45) is 6.10. The van der Waals surface area contributed by atoms with Crippen LogP contribution in [0.5, 0.6) is 0 Å². The van der Waals surface area contributed by atoms with Gasteiger partial charge in [-0.1, -0.05) is 12.8 Å². The third kappa shape index (κ3) is 4.43. The number of hydrogen-bond donors (Lipinski definition) is 3. The van der Waals surface area contributed by atoms with Gasteiger partial charge in [0.1, 0.15) is 11.9 Å². The summed E-state index contributed by atoms with van der Waals surface area (Å²) < 4.78 is 0. The number of nitriles is 1. The zero-order valence-electron chi connectivity index (χ0n) is 11.4. The summed E-state index contributed by atoms with van der Waals surface area (Å²) >= 11 is 0. The van der Waals surface area contributed by atoms with E-state index in [1.54, 1.807) is 12.1 Å². The first-order valence-corrected chi connectivity index (χ1v) is 6.92. The Hall–Kier alpha value is -2.29. The minimum absolute atomic E-state index is 0.105. The van der Waals surface area contributed by atoms with E-state index in [2.05, 4.69) is 20.9 Å². The number of carbonyl (C=O) groups is 1. The van der Waals surface area contributed by atoms with Crippen molar-refractivity contribution in [2.45, 2.75) is 31.7 Å². The van der Waals surface area contributed by atoms with Crippen LogP contribution in [0.2, 0.25) is 0 Å². The summed E-state index contributed by atoms with van der Waals surface area (Å²) in [5.74, 6) is 0.696. The number of anilines is 1. The zero-order valence-corrected chi connectivity index (χ0v) is 11.4. The van der Waals surface area contributed by atoms with Gasteiger partial charge in [-0.05, 0) is 25.0 Å². The first-order valence-electron chi connectivity index (χ1n) is 6.92. The fourth-order valence-electron chi connectivity index (χ4n) is 2.24. The molecule has 1 heterocycles. The molecule has 1 aromatic rings. The maximum Gasteiger partial charge on any atom is 0.315 e. The molecular formula is C14H19N5O. The minimum Gasteiger partial charge on any atom is -0.368 e. The van der Waals surface area contributed by atoms with E-state index >= 15 is 0 Å². The highest BCUT2D eigenvalue weighted by Crippen LogP contribution is 2.17. The molecule has 1 aliphatic carbocycles. The van der Waals surface area contributed by atoms with Crippen molar-refractivity contribution < 1.29 is 4.79 Å². The summed E-state index contributed by atoms with van der Waals surface area (Å²) in [4.78, 5) is 15.7. The molecule has 0 spiro atoms. The van der Waals surface area contributed by atoms with Crippen LogP contribution in [0, 0.1) is 11.3 Å². The van der Waals surface area contributed by atoms with E-state index in [1.807, 2.05) is 6.07 Å². The largest absolute Gasteiger partial charge is 0.368 e. The Kier molecular flexibility index (Phi) is 5.18. The van der Waals surface area contributed by atoms with Gasteiger partial charge in [-0.2, -0.15) is 5.26 Å². The third-order valence-corrected chi connectivity index (χ3v) is 3.30. The molecule has 20 heavy (non-hydrogen) atoms. The van der Waals surface area contributed by atoms with Crippen molar-refractivity contribution in [1.29, 1.82) is 5.26 Å². The zero-order chi connectivity index (χ0) is 14.2. The number of hydrogen-bond acceptors (Lipinski definition) is 4. The summed E-state index contributed by atoms with van der Waals surface area (Å²) in [5.41, 5.74) is 0.532. The first-order chi connectivity index (χ1) is 9.78. The van der Waals surface area contributed by atoms with E-state index in [0.29, 0.717) is 30.5 Å². The molecule has 106 valence electrons. The van der Waals surface area contributed by atoms with Crippen LogP contribution in [-0.4, -0.2) is 30.1 Å². The molecule has 1 aliphatic rings. The van der Waals surface area contributed by atoms with Crippen molar-refractivity contribution in [1.82, 2.24) is 15.6 Å². The van der Waals surface area contributed by atoms with Gasteiger partial charge in [0.25, 0.3) is 0 Å². The van der Waals surface area contributed by atoms with Crippen molar-refractivity contribution in [2.75, 3.05) is 18.4 Å². The number of urea groups is 1. The Morgan fingerprint density at radius 2 is 2.15 bits per heavy atom. The maximum absolute atomic E-state index is 11.6. The highest BCUT2D eigenvalue weighted by atomic mass is 16.2. The van der Waals surface area contributed by atoms with E-state index in [1.165, 1.54) is 19.0 Å². The average Bonchev–Trinajstić information content (AvgIpc) is 2.97. The van der Waals surface area contributed by atoms with E-state index < -0.39 is 0 Å². The van der Waals surface area contributed by atoms with Crippen LogP contribution in [0.25, 0.3) is 0 Å². The standard InChI is InChI=1S/C14H19N5O/c15-9-11-5-6-13(18-10-11)16-7-8-17-14(20)19-12-3-1-2-4-12/h5-6,10,12H,1-4,7-8H2,(H,16,18)(H2,17,19,20). The van der Waals surface area contributed by atoms with Crippen LogP contribution in [0.3, 0.4) is 0 Å². The van der Waals surface area contributed by atoms with E-state index in [-0.39, 0.29) is 6.03 Å². The number of nitrogens with one attached hydrogen (secondary N) is 3. The molecule has 1 aromatic heterocycles. The first kappa shape index (κ1) is 14.1. The molecule has 3 N–H and O–H groups in total. The van der Waals surface area contributed by atoms with Gasteiger partial charge in [0.2, 0.25) is 0 Å². The van der Waals surface area contributed by atoms with Gasteiger partial charge in [0.15, 0.2) is 0 Å². The Balaban J connectivity index is 1.60. The molecule has 0 radical (unpaired) electrons. The SMILES string of the molecule is N#Cc1ccc(NCCNC(=O)NC2CCCC2)nc1. The smallest absolute Gasteiger partial charge is 0.315 e. The second kappa shape index (κ2) is 7.34. The molecular weight excluding hydrogens is 254 g/mol. The van der Waals surface area contributed by atoms with Crippen LogP contribution < -0.4 is 16.0 Å². The van der Waals surface area contributed by atoms with E-state index in [4.69, 9.17) is 5.26 Å². The second-order valence-electron chi connectivity index (χ2n) is 4.85. The maximum atomic E-state index is 11.6. The quantitative estimate of drug-likeness (QED) is 0.711. The number of nitrogens with zero attached hydrogens (tertiary/aromatic N) is 2. The molecule has 0 saturated heterocycles. The lowest BCUT2D eigenvalue weighted by Crippen LogP contribution is -2.42. The normalized spacial score (nSPS) is 14.6. The third-order valence-electron chi connectivity index (χ3n) is 3.30. The number of amides is 2. The van der Waals surface area contributed by atoms with Gasteiger partial charge in [0, 0.05) is 25.3 Å². The van der Waals surface area contributed by atoms with Crippen molar-refractivity contribution in [3.63, 3.8) is 0 Å². The van der Waals surface area contributed by atoms with Crippen LogP contribution in [-0.2, 0) is 0 Å². The lowest BCUT2D eigenvalue weighted by atomic mass is 10.2. The molecule has 6 nitrogen and oxygen atoms in total. The Bertz CT molecular complexity index is 473. The summed E-state index contributed by atoms with van der Waals surface area (Å²) in [6.45, 7) is 1.12. The van der Waals surface area contributed by atoms with Gasteiger partial charge < -0.3 is 16.0 Å². The van der Waals surface area contributed by atoms with Crippen LogP contribution in [0.4, 0.5) is 10.6 Å². The molecule has 1 saturated carbocycles. The number of rotatable bonds is 5. The Morgan fingerprint density at radius 1 is 1.35 bits per heavy atom. The molecule has 0 bridgehead atoms. The van der Waals surface area contributed by atoms with Gasteiger partial charge >= 0.3 is 6.03 Å². The van der Waals surface area contributed by atoms with Crippen LogP contribution in [0.1, 0.15) is 31.2 Å². The lowest BCUT2D eigenvalue weighted by molar-refractivity contribution is 0.237. The number of carbonyl (C=O) groups excluding carboxylic acids is 1. The minimum atomic E-state index is -0.105. The van der Waals surface area contributed by atoms with Crippen molar-refractivity contribution in [3.8, 4) is 6.07 Å². The molecule has 0 atom stereocenters. The highest BCUT2D eigenvalue weighted by molar-refractivity contribution is 5.74. The van der Waals surface area contributed by atoms with Crippen molar-refractivity contribution in [3.05, 3.63) is 23.9 Å². The van der Waals surface area contributed by atoms with Crippen molar-refractivity contribution >= 4 is 11.8 Å². The van der Waals surface area contributed by atoms with E-state index in [0.717, 1.165) is 12.8 Å². The van der Waals surface area contributed by atoms with Crippen LogP contribution in [0.15, 0.2) is 18.3 Å². The van der Waals surface area contributed by atoms with Gasteiger partial charge in [-0.3, -0.25) is 0 Å².